The summed E-state index contributed by atoms with van der Waals surface area (Å²) >= 11 is 6.79. The van der Waals surface area contributed by atoms with Crippen molar-refractivity contribution >= 4 is 43.5 Å². The minimum atomic E-state index is -0.0501. The molecule has 1 atom stereocenters. The van der Waals surface area contributed by atoms with Crippen LogP contribution in [-0.4, -0.2) is 18.5 Å². The van der Waals surface area contributed by atoms with Gasteiger partial charge in [-0.15, -0.1) is 0 Å². The Morgan fingerprint density at radius 3 is 2.94 bits per heavy atom. The maximum atomic E-state index is 11.9. The van der Waals surface area contributed by atoms with E-state index in [1.54, 1.807) is 0 Å². The van der Waals surface area contributed by atoms with Gasteiger partial charge < -0.3 is 10.6 Å². The Hall–Kier alpha value is -0.390. The molecule has 86 valence electrons. The fourth-order valence-electron chi connectivity index (χ4n) is 1.72. The van der Waals surface area contributed by atoms with Crippen LogP contribution >= 0.6 is 31.9 Å². The van der Waals surface area contributed by atoms with E-state index in [1.165, 1.54) is 0 Å². The second kappa shape index (κ2) is 5.29. The Bertz CT molecular complexity index is 403. The molecular formula is C11H12Br2N2O. The predicted octanol–water partition coefficient (Wildman–Crippen LogP) is 2.90. The number of halogens is 2. The number of hydrogen-bond acceptors (Lipinski definition) is 2. The number of hydrogen-bond donors (Lipinski definition) is 2. The van der Waals surface area contributed by atoms with Gasteiger partial charge in [-0.25, -0.2) is 0 Å². The van der Waals surface area contributed by atoms with Crippen LogP contribution in [0.5, 0.6) is 0 Å². The molecule has 1 aromatic rings. The summed E-state index contributed by atoms with van der Waals surface area (Å²) in [6, 6.07) is 5.66. The Morgan fingerprint density at radius 1 is 1.44 bits per heavy atom. The third kappa shape index (κ3) is 2.84. The van der Waals surface area contributed by atoms with Crippen LogP contribution in [0.2, 0.25) is 0 Å². The lowest BCUT2D eigenvalue weighted by Gasteiger charge is -2.12. The van der Waals surface area contributed by atoms with Gasteiger partial charge in [0, 0.05) is 8.95 Å². The van der Waals surface area contributed by atoms with Crippen LogP contribution in [0.3, 0.4) is 0 Å². The summed E-state index contributed by atoms with van der Waals surface area (Å²) in [5, 5.41) is 6.09. The highest BCUT2D eigenvalue weighted by Gasteiger charge is 2.22. The molecule has 16 heavy (non-hydrogen) atoms. The first-order valence-corrected chi connectivity index (χ1v) is 6.75. The number of carbonyl (C=O) groups excluding carboxylic acids is 1. The maximum absolute atomic E-state index is 11.9. The zero-order valence-electron chi connectivity index (χ0n) is 8.59. The van der Waals surface area contributed by atoms with Crippen molar-refractivity contribution in [3.63, 3.8) is 0 Å². The van der Waals surface area contributed by atoms with E-state index in [2.05, 4.69) is 42.5 Å². The van der Waals surface area contributed by atoms with Gasteiger partial charge in [-0.2, -0.15) is 0 Å². The smallest absolute Gasteiger partial charge is 0.241 e. The van der Waals surface area contributed by atoms with E-state index in [9.17, 15) is 4.79 Å². The van der Waals surface area contributed by atoms with Crippen molar-refractivity contribution in [3.8, 4) is 0 Å². The topological polar surface area (TPSA) is 41.1 Å². The molecule has 0 aromatic heterocycles. The van der Waals surface area contributed by atoms with Crippen molar-refractivity contribution in [3.05, 3.63) is 27.1 Å². The highest BCUT2D eigenvalue weighted by molar-refractivity contribution is 9.11. The monoisotopic (exact) mass is 346 g/mol. The van der Waals surface area contributed by atoms with Gasteiger partial charge in [0.1, 0.15) is 0 Å². The van der Waals surface area contributed by atoms with Crippen LogP contribution in [0.15, 0.2) is 27.1 Å². The van der Waals surface area contributed by atoms with Crippen LogP contribution < -0.4 is 10.6 Å². The zero-order valence-corrected chi connectivity index (χ0v) is 11.8. The van der Waals surface area contributed by atoms with Crippen LogP contribution in [-0.2, 0) is 4.79 Å². The first-order valence-electron chi connectivity index (χ1n) is 5.16. The van der Waals surface area contributed by atoms with Gasteiger partial charge >= 0.3 is 0 Å². The Morgan fingerprint density at radius 2 is 2.25 bits per heavy atom. The first-order chi connectivity index (χ1) is 7.66. The van der Waals surface area contributed by atoms with Crippen molar-refractivity contribution in [2.24, 2.45) is 0 Å². The molecule has 2 rings (SSSR count). The summed E-state index contributed by atoms with van der Waals surface area (Å²) in [6.07, 6.45) is 1.98. The summed E-state index contributed by atoms with van der Waals surface area (Å²) in [5.74, 6) is 0.0382. The third-order valence-corrected chi connectivity index (χ3v) is 3.75. The molecule has 1 aliphatic rings. The fourth-order valence-corrected chi connectivity index (χ4v) is 2.43. The summed E-state index contributed by atoms with van der Waals surface area (Å²) in [4.78, 5) is 11.9. The van der Waals surface area contributed by atoms with Crippen molar-refractivity contribution in [1.82, 2.24) is 5.32 Å². The number of rotatable bonds is 2. The van der Waals surface area contributed by atoms with E-state index in [-0.39, 0.29) is 11.9 Å². The highest BCUT2D eigenvalue weighted by Crippen LogP contribution is 2.26. The van der Waals surface area contributed by atoms with E-state index < -0.39 is 0 Å². The molecule has 0 unspecified atom stereocenters. The zero-order chi connectivity index (χ0) is 11.5. The van der Waals surface area contributed by atoms with Crippen molar-refractivity contribution < 1.29 is 4.79 Å². The predicted molar refractivity (Wildman–Crippen MR) is 71.5 cm³/mol. The number of amides is 1. The van der Waals surface area contributed by atoms with E-state index in [0.717, 1.165) is 34.0 Å². The highest BCUT2D eigenvalue weighted by atomic mass is 79.9. The molecule has 0 radical (unpaired) electrons. The lowest BCUT2D eigenvalue weighted by atomic mass is 10.2. The van der Waals surface area contributed by atoms with Crippen molar-refractivity contribution in [2.75, 3.05) is 11.9 Å². The van der Waals surface area contributed by atoms with Gasteiger partial charge in [-0.05, 0) is 53.5 Å². The molecule has 0 spiro atoms. The molecule has 0 bridgehead atoms. The SMILES string of the molecule is O=C(Nc1cc(Br)ccc1Br)[C@H]1CCCN1. The lowest BCUT2D eigenvalue weighted by Crippen LogP contribution is -2.35. The van der Waals surface area contributed by atoms with E-state index >= 15 is 0 Å². The number of anilines is 1. The first kappa shape index (κ1) is 12.1. The molecule has 0 aliphatic carbocycles. The Labute approximate surface area is 111 Å². The molecule has 1 aromatic carbocycles. The van der Waals surface area contributed by atoms with Gasteiger partial charge in [-0.1, -0.05) is 15.9 Å². The van der Waals surface area contributed by atoms with E-state index in [1.807, 2.05) is 18.2 Å². The second-order valence-electron chi connectivity index (χ2n) is 3.76. The molecule has 5 heteroatoms. The molecule has 0 saturated carbocycles. The summed E-state index contributed by atoms with van der Waals surface area (Å²) < 4.78 is 1.84. The average Bonchev–Trinajstić information content (AvgIpc) is 2.76. The van der Waals surface area contributed by atoms with Gasteiger partial charge in [0.25, 0.3) is 0 Å². The molecule has 2 N–H and O–H groups in total. The van der Waals surface area contributed by atoms with Crippen molar-refractivity contribution in [1.29, 1.82) is 0 Å². The summed E-state index contributed by atoms with van der Waals surface area (Å²) in [7, 11) is 0. The normalized spacial score (nSPS) is 19.8. The molecule has 1 amide bonds. The summed E-state index contributed by atoms with van der Waals surface area (Å²) in [5.41, 5.74) is 0.799. The standard InChI is InChI=1S/C11H12Br2N2O/c12-7-3-4-8(13)10(6-7)15-11(16)9-2-1-5-14-9/h3-4,6,9,14H,1-2,5H2,(H,15,16)/t9-/m1/s1. The average molecular weight is 348 g/mol. The van der Waals surface area contributed by atoms with E-state index in [4.69, 9.17) is 0 Å². The third-order valence-electron chi connectivity index (χ3n) is 2.56. The second-order valence-corrected chi connectivity index (χ2v) is 5.53. The minimum absolute atomic E-state index is 0.0382. The minimum Gasteiger partial charge on any atom is -0.324 e. The van der Waals surface area contributed by atoms with Gasteiger partial charge in [0.15, 0.2) is 0 Å². The van der Waals surface area contributed by atoms with Gasteiger partial charge in [-0.3, -0.25) is 4.79 Å². The van der Waals surface area contributed by atoms with Crippen LogP contribution in [0.25, 0.3) is 0 Å². The number of benzene rings is 1. The van der Waals surface area contributed by atoms with E-state index in [0.29, 0.717) is 0 Å². The van der Waals surface area contributed by atoms with Gasteiger partial charge in [0.2, 0.25) is 5.91 Å². The largest absolute Gasteiger partial charge is 0.324 e. The molecule has 1 fully saturated rings. The van der Waals surface area contributed by atoms with Crippen LogP contribution in [0.1, 0.15) is 12.8 Å². The summed E-state index contributed by atoms with van der Waals surface area (Å²) in [6.45, 7) is 0.928. The molecule has 1 aliphatic heterocycles. The number of carbonyl (C=O) groups is 1. The molecule has 1 saturated heterocycles. The van der Waals surface area contributed by atoms with Crippen LogP contribution in [0.4, 0.5) is 5.69 Å². The van der Waals surface area contributed by atoms with Crippen LogP contribution in [0, 0.1) is 0 Å². The fraction of sp³-hybridized carbons (Fsp3) is 0.364. The maximum Gasteiger partial charge on any atom is 0.241 e. The lowest BCUT2D eigenvalue weighted by molar-refractivity contribution is -0.117. The van der Waals surface area contributed by atoms with Crippen molar-refractivity contribution in [2.45, 2.75) is 18.9 Å². The Kier molecular flexibility index (Phi) is 4.00. The Balaban J connectivity index is 2.07. The number of nitrogens with one attached hydrogen (secondary N) is 2. The molecular weight excluding hydrogens is 336 g/mol. The molecule has 3 nitrogen and oxygen atoms in total. The molecule has 1 heterocycles. The van der Waals surface area contributed by atoms with Gasteiger partial charge in [0.05, 0.1) is 11.7 Å². The quantitative estimate of drug-likeness (QED) is 0.863.